The highest BCUT2D eigenvalue weighted by atomic mass is 16.3. The SMILES string of the molecule is CCNc1nc(C)nc(NCCCC(C)CO)c1C. The quantitative estimate of drug-likeness (QED) is 0.630. The molecule has 5 heteroatoms. The fraction of sp³-hybridized carbons (Fsp3) is 0.714. The fourth-order valence-electron chi connectivity index (χ4n) is 1.89. The maximum atomic E-state index is 8.98. The van der Waals surface area contributed by atoms with Crippen LogP contribution in [0.5, 0.6) is 0 Å². The van der Waals surface area contributed by atoms with Crippen LogP contribution in [0.3, 0.4) is 0 Å². The van der Waals surface area contributed by atoms with Crippen LogP contribution in [0.25, 0.3) is 0 Å². The van der Waals surface area contributed by atoms with Gasteiger partial charge in [-0.25, -0.2) is 9.97 Å². The lowest BCUT2D eigenvalue weighted by atomic mass is 10.1. The van der Waals surface area contributed by atoms with Crippen LogP contribution in [0.2, 0.25) is 0 Å². The molecule has 0 radical (unpaired) electrons. The van der Waals surface area contributed by atoms with E-state index in [1.54, 1.807) is 0 Å². The van der Waals surface area contributed by atoms with E-state index in [9.17, 15) is 0 Å². The molecule has 0 amide bonds. The normalized spacial score (nSPS) is 12.3. The second-order valence-corrected chi connectivity index (χ2v) is 4.98. The van der Waals surface area contributed by atoms with Crippen molar-refractivity contribution in [3.8, 4) is 0 Å². The summed E-state index contributed by atoms with van der Waals surface area (Å²) in [7, 11) is 0. The van der Waals surface area contributed by atoms with Gasteiger partial charge in [-0.05, 0) is 39.5 Å². The Kier molecular flexibility index (Phi) is 6.56. The molecule has 1 atom stereocenters. The summed E-state index contributed by atoms with van der Waals surface area (Å²) in [6.45, 7) is 10.0. The van der Waals surface area contributed by atoms with Crippen LogP contribution in [0.1, 0.15) is 38.1 Å². The summed E-state index contributed by atoms with van der Waals surface area (Å²) in [5.41, 5.74) is 1.06. The minimum absolute atomic E-state index is 0.260. The second kappa shape index (κ2) is 7.94. The molecule has 0 spiro atoms. The zero-order valence-electron chi connectivity index (χ0n) is 12.5. The molecular weight excluding hydrogens is 240 g/mol. The zero-order valence-corrected chi connectivity index (χ0v) is 12.5. The van der Waals surface area contributed by atoms with E-state index < -0.39 is 0 Å². The van der Waals surface area contributed by atoms with E-state index in [0.29, 0.717) is 5.92 Å². The van der Waals surface area contributed by atoms with Crippen molar-refractivity contribution in [2.24, 2.45) is 5.92 Å². The van der Waals surface area contributed by atoms with Crippen molar-refractivity contribution >= 4 is 11.6 Å². The second-order valence-electron chi connectivity index (χ2n) is 4.98. The smallest absolute Gasteiger partial charge is 0.134 e. The Morgan fingerprint density at radius 1 is 1.16 bits per heavy atom. The molecule has 19 heavy (non-hydrogen) atoms. The van der Waals surface area contributed by atoms with Gasteiger partial charge in [-0.3, -0.25) is 0 Å². The first-order valence-electron chi connectivity index (χ1n) is 7.02. The van der Waals surface area contributed by atoms with Crippen LogP contribution in [-0.4, -0.2) is 34.8 Å². The minimum atomic E-state index is 0.260. The highest BCUT2D eigenvalue weighted by molar-refractivity contribution is 5.57. The third kappa shape index (κ3) is 5.03. The molecule has 0 bridgehead atoms. The molecule has 0 aliphatic rings. The molecule has 0 fully saturated rings. The van der Waals surface area contributed by atoms with Crippen molar-refractivity contribution in [3.63, 3.8) is 0 Å². The lowest BCUT2D eigenvalue weighted by Gasteiger charge is -2.14. The molecule has 0 saturated heterocycles. The zero-order chi connectivity index (χ0) is 14.3. The summed E-state index contributed by atoms with van der Waals surface area (Å²) in [5.74, 6) is 2.95. The van der Waals surface area contributed by atoms with Crippen LogP contribution >= 0.6 is 0 Å². The Balaban J connectivity index is 2.57. The average molecular weight is 266 g/mol. The van der Waals surface area contributed by atoms with Crippen molar-refractivity contribution in [1.82, 2.24) is 9.97 Å². The highest BCUT2D eigenvalue weighted by Gasteiger charge is 2.08. The van der Waals surface area contributed by atoms with Crippen LogP contribution in [0.15, 0.2) is 0 Å². The van der Waals surface area contributed by atoms with E-state index >= 15 is 0 Å². The standard InChI is InChI=1S/C14H26N4O/c1-5-15-13-11(3)14(18-12(4)17-13)16-8-6-7-10(2)9-19/h10,19H,5-9H2,1-4H3,(H2,15,16,17,18). The third-order valence-electron chi connectivity index (χ3n) is 3.08. The first-order chi connectivity index (χ1) is 9.08. The molecule has 0 aliphatic carbocycles. The van der Waals surface area contributed by atoms with Crippen LogP contribution in [0.4, 0.5) is 11.6 Å². The highest BCUT2D eigenvalue weighted by Crippen LogP contribution is 2.19. The van der Waals surface area contributed by atoms with E-state index in [0.717, 1.165) is 49.0 Å². The van der Waals surface area contributed by atoms with Crippen LogP contribution in [-0.2, 0) is 0 Å². The summed E-state index contributed by atoms with van der Waals surface area (Å²) in [4.78, 5) is 8.84. The van der Waals surface area contributed by atoms with Crippen LogP contribution < -0.4 is 10.6 Å². The first-order valence-corrected chi connectivity index (χ1v) is 7.02. The maximum absolute atomic E-state index is 8.98. The monoisotopic (exact) mass is 266 g/mol. The lowest BCUT2D eigenvalue weighted by molar-refractivity contribution is 0.229. The Morgan fingerprint density at radius 2 is 1.79 bits per heavy atom. The van der Waals surface area contributed by atoms with Crippen molar-refractivity contribution < 1.29 is 5.11 Å². The van der Waals surface area contributed by atoms with E-state index in [4.69, 9.17) is 5.11 Å². The van der Waals surface area contributed by atoms with Crippen molar-refractivity contribution in [3.05, 3.63) is 11.4 Å². The van der Waals surface area contributed by atoms with Gasteiger partial charge in [-0.1, -0.05) is 6.92 Å². The van der Waals surface area contributed by atoms with Crippen molar-refractivity contribution in [1.29, 1.82) is 0 Å². The summed E-state index contributed by atoms with van der Waals surface area (Å²) in [6, 6.07) is 0. The molecule has 1 rings (SSSR count). The molecule has 1 aromatic heterocycles. The molecular formula is C14H26N4O. The number of nitrogens with one attached hydrogen (secondary N) is 2. The topological polar surface area (TPSA) is 70.1 Å². The molecule has 1 unspecified atom stereocenters. The van der Waals surface area contributed by atoms with E-state index in [2.05, 4.69) is 34.4 Å². The Labute approximate surface area is 115 Å². The molecule has 108 valence electrons. The van der Waals surface area contributed by atoms with Gasteiger partial charge in [0.25, 0.3) is 0 Å². The van der Waals surface area contributed by atoms with E-state index in [-0.39, 0.29) is 6.61 Å². The fourth-order valence-corrected chi connectivity index (χ4v) is 1.89. The Morgan fingerprint density at radius 3 is 2.37 bits per heavy atom. The number of nitrogens with zero attached hydrogens (tertiary/aromatic N) is 2. The number of anilines is 2. The number of aliphatic hydroxyl groups is 1. The number of hydrogen-bond donors (Lipinski definition) is 3. The predicted octanol–water partition coefficient (Wildman–Crippen LogP) is 2.35. The van der Waals surface area contributed by atoms with Gasteiger partial charge in [0.2, 0.25) is 0 Å². The number of rotatable bonds is 8. The predicted molar refractivity (Wildman–Crippen MR) is 79.6 cm³/mol. The van der Waals surface area contributed by atoms with Crippen molar-refractivity contribution in [2.45, 2.75) is 40.5 Å². The van der Waals surface area contributed by atoms with Crippen LogP contribution in [0, 0.1) is 19.8 Å². The molecule has 1 heterocycles. The summed E-state index contributed by atoms with van der Waals surface area (Å²) in [5, 5.41) is 15.6. The average Bonchev–Trinajstić information content (AvgIpc) is 2.39. The van der Waals surface area contributed by atoms with Gasteiger partial charge in [0, 0.05) is 25.3 Å². The first kappa shape index (κ1) is 15.7. The third-order valence-corrected chi connectivity index (χ3v) is 3.08. The molecule has 0 saturated carbocycles. The minimum Gasteiger partial charge on any atom is -0.396 e. The van der Waals surface area contributed by atoms with E-state index in [1.807, 2.05) is 13.8 Å². The number of aromatic nitrogens is 2. The molecule has 0 aliphatic heterocycles. The lowest BCUT2D eigenvalue weighted by Crippen LogP contribution is -2.12. The summed E-state index contributed by atoms with van der Waals surface area (Å²) in [6.07, 6.45) is 2.05. The largest absolute Gasteiger partial charge is 0.396 e. The van der Waals surface area contributed by atoms with Gasteiger partial charge in [-0.15, -0.1) is 0 Å². The van der Waals surface area contributed by atoms with Gasteiger partial charge in [-0.2, -0.15) is 0 Å². The van der Waals surface area contributed by atoms with Gasteiger partial charge >= 0.3 is 0 Å². The number of hydrogen-bond acceptors (Lipinski definition) is 5. The molecule has 1 aromatic rings. The van der Waals surface area contributed by atoms with Gasteiger partial charge in [0.05, 0.1) is 0 Å². The number of aryl methyl sites for hydroxylation is 1. The van der Waals surface area contributed by atoms with E-state index in [1.165, 1.54) is 0 Å². The molecule has 0 aromatic carbocycles. The maximum Gasteiger partial charge on any atom is 0.134 e. The Hall–Kier alpha value is -1.36. The van der Waals surface area contributed by atoms with Crippen molar-refractivity contribution in [2.75, 3.05) is 30.3 Å². The Bertz CT molecular complexity index is 395. The summed E-state index contributed by atoms with van der Waals surface area (Å²) < 4.78 is 0. The number of aliphatic hydroxyl groups excluding tert-OH is 1. The van der Waals surface area contributed by atoms with Gasteiger partial charge in [0.15, 0.2) is 0 Å². The summed E-state index contributed by atoms with van der Waals surface area (Å²) >= 11 is 0. The molecule has 5 nitrogen and oxygen atoms in total. The van der Waals surface area contributed by atoms with Gasteiger partial charge in [0.1, 0.15) is 17.5 Å². The van der Waals surface area contributed by atoms with Gasteiger partial charge < -0.3 is 15.7 Å². The molecule has 3 N–H and O–H groups in total.